The van der Waals surface area contributed by atoms with E-state index < -0.39 is 0 Å². The number of anilines is 1. The fourth-order valence-electron chi connectivity index (χ4n) is 2.71. The van der Waals surface area contributed by atoms with Crippen molar-refractivity contribution in [1.82, 2.24) is 5.32 Å². The second-order valence-electron chi connectivity index (χ2n) is 4.93. The molecule has 0 heterocycles. The third kappa shape index (κ3) is 3.20. The smallest absolute Gasteiger partial charge is 0.255 e. The highest BCUT2D eigenvalue weighted by Crippen LogP contribution is 2.31. The van der Waals surface area contributed by atoms with Gasteiger partial charge in [-0.15, -0.1) is 0 Å². The fraction of sp³-hybridized carbons (Fsp3) is 0.533. The molecule has 2 atom stereocenters. The van der Waals surface area contributed by atoms with Gasteiger partial charge in [0.1, 0.15) is 0 Å². The van der Waals surface area contributed by atoms with Crippen LogP contribution in [0.4, 0.5) is 5.69 Å². The van der Waals surface area contributed by atoms with Crippen LogP contribution in [0.3, 0.4) is 0 Å². The van der Waals surface area contributed by atoms with Gasteiger partial charge in [-0.3, -0.25) is 4.79 Å². The molecule has 110 valence electrons. The predicted octanol–water partition coefficient (Wildman–Crippen LogP) is 2.68. The number of hydrogen-bond donors (Lipinski definition) is 2. The number of carbonyl (C=O) groups is 1. The summed E-state index contributed by atoms with van der Waals surface area (Å²) < 4.78 is 5.25. The molecule has 0 radical (unpaired) electrons. The van der Waals surface area contributed by atoms with Gasteiger partial charge in [0.15, 0.2) is 5.75 Å². The number of carbonyl (C=O) groups excluding carboxylic acids is 1. The number of benzene rings is 1. The van der Waals surface area contributed by atoms with E-state index in [-0.39, 0.29) is 11.9 Å². The van der Waals surface area contributed by atoms with Crippen molar-refractivity contribution in [3.63, 3.8) is 0 Å². The Bertz CT molecular complexity index is 479. The lowest BCUT2D eigenvalue weighted by molar-refractivity contribution is 0.0935. The van der Waals surface area contributed by atoms with E-state index >= 15 is 0 Å². The van der Waals surface area contributed by atoms with Crippen LogP contribution < -0.4 is 15.8 Å². The Morgan fingerprint density at radius 3 is 3.00 bits per heavy atom. The lowest BCUT2D eigenvalue weighted by Crippen LogP contribution is -2.39. The largest absolute Gasteiger partial charge is 0.494 e. The molecule has 0 spiro atoms. The Labute approximate surface area is 124 Å². The van der Waals surface area contributed by atoms with Crippen LogP contribution in [0.1, 0.15) is 36.5 Å². The van der Waals surface area contributed by atoms with Crippen molar-refractivity contribution in [3.8, 4) is 5.75 Å². The Morgan fingerprint density at radius 1 is 1.50 bits per heavy atom. The summed E-state index contributed by atoms with van der Waals surface area (Å²) >= 11 is 1.93. The highest BCUT2D eigenvalue weighted by Gasteiger charge is 2.29. The van der Waals surface area contributed by atoms with E-state index in [0.29, 0.717) is 22.3 Å². The molecule has 1 aliphatic rings. The molecule has 0 bridgehead atoms. The Balaban J connectivity index is 2.10. The zero-order valence-corrected chi connectivity index (χ0v) is 12.8. The van der Waals surface area contributed by atoms with Crippen LogP contribution in [0.15, 0.2) is 18.2 Å². The lowest BCUT2D eigenvalue weighted by Gasteiger charge is -2.21. The maximum Gasteiger partial charge on any atom is 0.255 e. The first-order valence-corrected chi connectivity index (χ1v) is 8.07. The molecular formula is C15H22N2O2S. The van der Waals surface area contributed by atoms with E-state index in [1.165, 1.54) is 20.0 Å². The van der Waals surface area contributed by atoms with Gasteiger partial charge in [-0.05, 0) is 30.7 Å². The first kappa shape index (κ1) is 15.0. The Kier molecular flexibility index (Phi) is 5.17. The summed E-state index contributed by atoms with van der Waals surface area (Å²) in [6.45, 7) is 2.16. The van der Waals surface area contributed by atoms with Crippen LogP contribution in [0.2, 0.25) is 0 Å². The number of nitrogens with one attached hydrogen (secondary N) is 1. The maximum absolute atomic E-state index is 12.4. The van der Waals surface area contributed by atoms with Gasteiger partial charge in [-0.1, -0.05) is 19.4 Å². The zero-order valence-electron chi connectivity index (χ0n) is 12.0. The van der Waals surface area contributed by atoms with E-state index in [0.717, 1.165) is 12.2 Å². The predicted molar refractivity (Wildman–Crippen MR) is 84.4 cm³/mol. The molecule has 0 aliphatic heterocycles. The molecule has 1 fully saturated rings. The van der Waals surface area contributed by atoms with Gasteiger partial charge in [0.25, 0.3) is 5.91 Å². The van der Waals surface area contributed by atoms with E-state index in [4.69, 9.17) is 10.5 Å². The van der Waals surface area contributed by atoms with Gasteiger partial charge in [-0.2, -0.15) is 11.8 Å². The number of ether oxygens (including phenoxy) is 1. The third-order valence-corrected chi connectivity index (χ3v) is 4.97. The average molecular weight is 294 g/mol. The van der Waals surface area contributed by atoms with E-state index in [2.05, 4.69) is 12.2 Å². The van der Waals surface area contributed by atoms with Crippen molar-refractivity contribution in [1.29, 1.82) is 0 Å². The molecule has 0 saturated heterocycles. The second-order valence-corrected chi connectivity index (χ2v) is 6.45. The SMILES string of the molecule is CCSC1CCCC1NC(=O)c1cccc(N)c1OC. The van der Waals surface area contributed by atoms with Crippen molar-refractivity contribution < 1.29 is 9.53 Å². The molecule has 1 saturated carbocycles. The van der Waals surface area contributed by atoms with Crippen LogP contribution in [0, 0.1) is 0 Å². The topological polar surface area (TPSA) is 64.4 Å². The summed E-state index contributed by atoms with van der Waals surface area (Å²) in [5.74, 6) is 1.45. The normalized spacial score (nSPS) is 21.7. The molecule has 2 rings (SSSR count). The van der Waals surface area contributed by atoms with Crippen molar-refractivity contribution in [3.05, 3.63) is 23.8 Å². The van der Waals surface area contributed by atoms with Crippen LogP contribution in [-0.4, -0.2) is 30.1 Å². The molecule has 0 aromatic heterocycles. The molecule has 5 heteroatoms. The number of nitrogens with two attached hydrogens (primary N) is 1. The molecule has 1 aromatic rings. The van der Waals surface area contributed by atoms with Crippen LogP contribution in [0.25, 0.3) is 0 Å². The van der Waals surface area contributed by atoms with E-state index in [9.17, 15) is 4.79 Å². The van der Waals surface area contributed by atoms with Gasteiger partial charge < -0.3 is 15.8 Å². The number of para-hydroxylation sites is 1. The monoisotopic (exact) mass is 294 g/mol. The quantitative estimate of drug-likeness (QED) is 0.820. The summed E-state index contributed by atoms with van der Waals surface area (Å²) in [6, 6.07) is 5.51. The minimum absolute atomic E-state index is 0.0947. The molecule has 3 N–H and O–H groups in total. The van der Waals surface area contributed by atoms with Crippen molar-refractivity contribution in [2.45, 2.75) is 37.5 Å². The molecule has 1 aliphatic carbocycles. The van der Waals surface area contributed by atoms with Crippen LogP contribution >= 0.6 is 11.8 Å². The van der Waals surface area contributed by atoms with Crippen LogP contribution in [-0.2, 0) is 0 Å². The third-order valence-electron chi connectivity index (χ3n) is 3.64. The summed E-state index contributed by atoms with van der Waals surface area (Å²) in [5.41, 5.74) is 6.85. The average Bonchev–Trinajstić information content (AvgIpc) is 2.86. The second kappa shape index (κ2) is 6.88. The van der Waals surface area contributed by atoms with Gasteiger partial charge in [0.05, 0.1) is 18.4 Å². The fourth-order valence-corrected chi connectivity index (χ4v) is 3.91. The highest BCUT2D eigenvalue weighted by atomic mass is 32.2. The summed E-state index contributed by atoms with van der Waals surface area (Å²) in [6.07, 6.45) is 3.40. The molecule has 2 unspecified atom stereocenters. The van der Waals surface area contributed by atoms with Crippen molar-refractivity contribution >= 4 is 23.4 Å². The van der Waals surface area contributed by atoms with Gasteiger partial charge in [0, 0.05) is 11.3 Å². The highest BCUT2D eigenvalue weighted by molar-refractivity contribution is 7.99. The molecular weight excluding hydrogens is 272 g/mol. The number of methoxy groups -OCH3 is 1. The minimum atomic E-state index is -0.0947. The summed E-state index contributed by atoms with van der Waals surface area (Å²) in [4.78, 5) is 12.4. The number of hydrogen-bond acceptors (Lipinski definition) is 4. The minimum Gasteiger partial charge on any atom is -0.494 e. The number of thioether (sulfide) groups is 1. The molecule has 1 aromatic carbocycles. The Morgan fingerprint density at radius 2 is 2.30 bits per heavy atom. The van der Waals surface area contributed by atoms with Crippen LogP contribution in [0.5, 0.6) is 5.75 Å². The van der Waals surface area contributed by atoms with Crippen molar-refractivity contribution in [2.24, 2.45) is 0 Å². The van der Waals surface area contributed by atoms with E-state index in [1.54, 1.807) is 18.2 Å². The Hall–Kier alpha value is -1.36. The van der Waals surface area contributed by atoms with Gasteiger partial charge >= 0.3 is 0 Å². The number of nitrogen functional groups attached to an aromatic ring is 1. The van der Waals surface area contributed by atoms with E-state index in [1.807, 2.05) is 11.8 Å². The molecule has 1 amide bonds. The van der Waals surface area contributed by atoms with Crippen molar-refractivity contribution in [2.75, 3.05) is 18.6 Å². The molecule has 4 nitrogen and oxygen atoms in total. The number of amides is 1. The molecule has 20 heavy (non-hydrogen) atoms. The standard InChI is InChI=1S/C15H22N2O2S/c1-3-20-13-9-5-8-12(13)17-15(18)10-6-4-7-11(16)14(10)19-2/h4,6-7,12-13H,3,5,8-9,16H2,1-2H3,(H,17,18). The zero-order chi connectivity index (χ0) is 14.5. The van der Waals surface area contributed by atoms with Gasteiger partial charge in [0.2, 0.25) is 0 Å². The summed E-state index contributed by atoms with van der Waals surface area (Å²) in [5, 5.41) is 3.66. The summed E-state index contributed by atoms with van der Waals surface area (Å²) in [7, 11) is 1.54. The first-order chi connectivity index (χ1) is 9.67. The lowest BCUT2D eigenvalue weighted by atomic mass is 10.1. The van der Waals surface area contributed by atoms with Gasteiger partial charge in [-0.25, -0.2) is 0 Å². The number of rotatable bonds is 5. The first-order valence-electron chi connectivity index (χ1n) is 7.02. The maximum atomic E-state index is 12.4.